The topological polar surface area (TPSA) is 90.6 Å². The van der Waals surface area contributed by atoms with Gasteiger partial charge < -0.3 is 18.9 Å². The van der Waals surface area contributed by atoms with Crippen LogP contribution in [0.25, 0.3) is 11.4 Å². The standard InChI is InChI=1S/C18H22N4O4/c1-13(2)25-18(23)22-9-5-14(6-10-22)11-24-12-16-20-17(21-26-16)15-3-7-19-8-4-15/h3-4,7-8,14H,1,5-6,9-12H2,2H3. The lowest BCUT2D eigenvalue weighted by atomic mass is 9.98. The molecule has 2 aromatic heterocycles. The van der Waals surface area contributed by atoms with Crippen molar-refractivity contribution in [1.82, 2.24) is 20.0 Å². The number of carbonyl (C=O) groups excluding carboxylic acids is 1. The van der Waals surface area contributed by atoms with Crippen LogP contribution in [-0.4, -0.2) is 45.8 Å². The van der Waals surface area contributed by atoms with Crippen LogP contribution in [0.3, 0.4) is 0 Å². The molecule has 0 unspecified atom stereocenters. The molecule has 1 aliphatic heterocycles. The van der Waals surface area contributed by atoms with E-state index in [2.05, 4.69) is 21.7 Å². The normalized spacial score (nSPS) is 15.0. The van der Waals surface area contributed by atoms with Gasteiger partial charge in [-0.15, -0.1) is 0 Å². The minimum Gasteiger partial charge on any atom is -0.416 e. The van der Waals surface area contributed by atoms with Gasteiger partial charge in [0.1, 0.15) is 6.61 Å². The Kier molecular flexibility index (Phi) is 5.96. The monoisotopic (exact) mass is 358 g/mol. The maximum absolute atomic E-state index is 11.8. The first-order valence-corrected chi connectivity index (χ1v) is 8.55. The van der Waals surface area contributed by atoms with Crippen molar-refractivity contribution in [3.8, 4) is 11.4 Å². The van der Waals surface area contributed by atoms with E-state index in [1.807, 2.05) is 12.1 Å². The van der Waals surface area contributed by atoms with Crippen LogP contribution >= 0.6 is 0 Å². The SMILES string of the molecule is C=C(C)OC(=O)N1CCC(COCc2nc(-c3ccncc3)no2)CC1. The molecule has 26 heavy (non-hydrogen) atoms. The summed E-state index contributed by atoms with van der Waals surface area (Å²) in [5.41, 5.74) is 0.851. The predicted molar refractivity (Wildman–Crippen MR) is 92.8 cm³/mol. The molecule has 3 rings (SSSR count). The first kappa shape index (κ1) is 18.1. The molecule has 0 aromatic carbocycles. The molecule has 8 heteroatoms. The Balaban J connectivity index is 1.39. The van der Waals surface area contributed by atoms with E-state index in [0.717, 1.165) is 18.4 Å². The first-order chi connectivity index (χ1) is 12.6. The second-order valence-corrected chi connectivity index (χ2v) is 6.26. The number of hydrogen-bond acceptors (Lipinski definition) is 7. The number of aromatic nitrogens is 3. The highest BCUT2D eigenvalue weighted by molar-refractivity contribution is 5.68. The van der Waals surface area contributed by atoms with Crippen LogP contribution in [0, 0.1) is 5.92 Å². The Morgan fingerprint density at radius 1 is 1.35 bits per heavy atom. The van der Waals surface area contributed by atoms with Crippen molar-refractivity contribution in [3.63, 3.8) is 0 Å². The Morgan fingerprint density at radius 3 is 2.77 bits per heavy atom. The Morgan fingerprint density at radius 2 is 2.08 bits per heavy atom. The van der Waals surface area contributed by atoms with Gasteiger partial charge in [-0.3, -0.25) is 4.98 Å². The summed E-state index contributed by atoms with van der Waals surface area (Å²) in [6.45, 7) is 7.43. The zero-order chi connectivity index (χ0) is 18.4. The van der Waals surface area contributed by atoms with Gasteiger partial charge in [-0.25, -0.2) is 4.79 Å². The van der Waals surface area contributed by atoms with Gasteiger partial charge in [0.2, 0.25) is 5.82 Å². The number of hydrogen-bond donors (Lipinski definition) is 0. The van der Waals surface area contributed by atoms with Gasteiger partial charge in [0.05, 0.1) is 12.4 Å². The Hall–Kier alpha value is -2.74. The fourth-order valence-corrected chi connectivity index (χ4v) is 2.74. The van der Waals surface area contributed by atoms with E-state index in [1.54, 1.807) is 24.2 Å². The van der Waals surface area contributed by atoms with Crippen LogP contribution in [0.2, 0.25) is 0 Å². The summed E-state index contributed by atoms with van der Waals surface area (Å²) in [5, 5.41) is 3.95. The quantitative estimate of drug-likeness (QED) is 0.733. The summed E-state index contributed by atoms with van der Waals surface area (Å²) in [6, 6.07) is 3.64. The molecule has 0 radical (unpaired) electrons. The number of nitrogens with zero attached hydrogens (tertiary/aromatic N) is 4. The number of allylic oxidation sites excluding steroid dienone is 1. The fraction of sp³-hybridized carbons (Fsp3) is 0.444. The molecule has 3 heterocycles. The molecule has 1 fully saturated rings. The van der Waals surface area contributed by atoms with Crippen molar-refractivity contribution in [3.05, 3.63) is 42.8 Å². The van der Waals surface area contributed by atoms with Crippen LogP contribution in [-0.2, 0) is 16.1 Å². The van der Waals surface area contributed by atoms with E-state index in [9.17, 15) is 4.79 Å². The van der Waals surface area contributed by atoms with Gasteiger partial charge in [-0.2, -0.15) is 4.98 Å². The third-order valence-electron chi connectivity index (χ3n) is 4.12. The van der Waals surface area contributed by atoms with Crippen LogP contribution in [0.1, 0.15) is 25.7 Å². The molecule has 0 bridgehead atoms. The Labute approximate surface area is 151 Å². The highest BCUT2D eigenvalue weighted by Crippen LogP contribution is 2.19. The highest BCUT2D eigenvalue weighted by atomic mass is 16.6. The number of ether oxygens (including phenoxy) is 2. The zero-order valence-corrected chi connectivity index (χ0v) is 14.8. The van der Waals surface area contributed by atoms with E-state index >= 15 is 0 Å². The zero-order valence-electron chi connectivity index (χ0n) is 14.8. The molecule has 2 aromatic rings. The van der Waals surface area contributed by atoms with Crippen molar-refractivity contribution in [1.29, 1.82) is 0 Å². The molecule has 0 saturated carbocycles. The molecule has 0 N–H and O–H groups in total. The van der Waals surface area contributed by atoms with Crippen molar-refractivity contribution < 1.29 is 18.8 Å². The third-order valence-corrected chi connectivity index (χ3v) is 4.12. The van der Waals surface area contributed by atoms with Gasteiger partial charge in [0, 0.05) is 31.0 Å². The van der Waals surface area contributed by atoms with Gasteiger partial charge >= 0.3 is 6.09 Å². The molecule has 1 aliphatic rings. The van der Waals surface area contributed by atoms with Crippen molar-refractivity contribution in [2.75, 3.05) is 19.7 Å². The lowest BCUT2D eigenvalue weighted by Crippen LogP contribution is -2.39. The minimum absolute atomic E-state index is 0.274. The second kappa shape index (κ2) is 8.57. The number of rotatable bonds is 6. The van der Waals surface area contributed by atoms with Crippen LogP contribution in [0.4, 0.5) is 4.79 Å². The smallest absolute Gasteiger partial charge is 0.414 e. The van der Waals surface area contributed by atoms with Crippen LogP contribution < -0.4 is 0 Å². The van der Waals surface area contributed by atoms with E-state index < -0.39 is 0 Å². The minimum atomic E-state index is -0.327. The summed E-state index contributed by atoms with van der Waals surface area (Å²) in [6.07, 6.45) is 4.78. The number of amides is 1. The van der Waals surface area contributed by atoms with Crippen molar-refractivity contribution in [2.24, 2.45) is 5.92 Å². The lowest BCUT2D eigenvalue weighted by Gasteiger charge is -2.30. The average molecular weight is 358 g/mol. The van der Waals surface area contributed by atoms with E-state index in [-0.39, 0.29) is 12.7 Å². The molecular formula is C18H22N4O4. The van der Waals surface area contributed by atoms with Crippen molar-refractivity contribution in [2.45, 2.75) is 26.4 Å². The van der Waals surface area contributed by atoms with Gasteiger partial charge in [-0.05, 0) is 37.8 Å². The molecule has 0 aliphatic carbocycles. The second-order valence-electron chi connectivity index (χ2n) is 6.26. The molecule has 1 saturated heterocycles. The summed E-state index contributed by atoms with van der Waals surface area (Å²) in [7, 11) is 0. The van der Waals surface area contributed by atoms with E-state index in [4.69, 9.17) is 14.0 Å². The van der Waals surface area contributed by atoms with Crippen LogP contribution in [0.5, 0.6) is 0 Å². The summed E-state index contributed by atoms with van der Waals surface area (Å²) in [5.74, 6) is 1.77. The lowest BCUT2D eigenvalue weighted by molar-refractivity contribution is 0.0438. The van der Waals surface area contributed by atoms with Gasteiger partial charge in [0.15, 0.2) is 0 Å². The fourth-order valence-electron chi connectivity index (χ4n) is 2.74. The maximum atomic E-state index is 11.8. The number of carbonyl (C=O) groups is 1. The molecule has 0 atom stereocenters. The van der Waals surface area contributed by atoms with Crippen molar-refractivity contribution >= 4 is 6.09 Å². The predicted octanol–water partition coefficient (Wildman–Crippen LogP) is 3.03. The number of piperidine rings is 1. The number of likely N-dealkylation sites (tertiary alicyclic amines) is 1. The third kappa shape index (κ3) is 4.89. The molecule has 138 valence electrons. The first-order valence-electron chi connectivity index (χ1n) is 8.55. The molecule has 0 spiro atoms. The van der Waals surface area contributed by atoms with E-state index in [0.29, 0.717) is 43.1 Å². The Bertz CT molecular complexity index is 739. The van der Waals surface area contributed by atoms with Gasteiger partial charge in [0.25, 0.3) is 5.89 Å². The highest BCUT2D eigenvalue weighted by Gasteiger charge is 2.24. The van der Waals surface area contributed by atoms with E-state index in [1.165, 1.54) is 0 Å². The average Bonchev–Trinajstić information content (AvgIpc) is 3.11. The van der Waals surface area contributed by atoms with Crippen LogP contribution in [0.15, 0.2) is 41.4 Å². The molecule has 1 amide bonds. The largest absolute Gasteiger partial charge is 0.416 e. The maximum Gasteiger partial charge on any atom is 0.414 e. The van der Waals surface area contributed by atoms with Gasteiger partial charge in [-0.1, -0.05) is 11.7 Å². The summed E-state index contributed by atoms with van der Waals surface area (Å²) >= 11 is 0. The molecular weight excluding hydrogens is 336 g/mol. The summed E-state index contributed by atoms with van der Waals surface area (Å²) in [4.78, 5) is 21.8. The summed E-state index contributed by atoms with van der Waals surface area (Å²) < 4.78 is 16.0. The number of pyridine rings is 1. The molecule has 8 nitrogen and oxygen atoms in total.